The lowest BCUT2D eigenvalue weighted by molar-refractivity contribution is -0.145. The van der Waals surface area contributed by atoms with Gasteiger partial charge in [-0.1, -0.05) is 53.8 Å². The maximum absolute atomic E-state index is 12.8. The number of hydrogen-bond donors (Lipinski definition) is 1. The first-order chi connectivity index (χ1) is 12.9. The third-order valence-corrected chi connectivity index (χ3v) is 6.27. The Kier molecular flexibility index (Phi) is 6.41. The first-order valence-electron chi connectivity index (χ1n) is 7.96. The van der Waals surface area contributed by atoms with Crippen LogP contribution in [0.1, 0.15) is 12.1 Å². The smallest absolute Gasteiger partial charge is 0.326 e. The number of carboxylic acid groups (broad SMARTS) is 1. The van der Waals surface area contributed by atoms with E-state index in [9.17, 15) is 14.7 Å². The molecule has 2 aromatic rings. The second-order valence-corrected chi connectivity index (χ2v) is 8.80. The summed E-state index contributed by atoms with van der Waals surface area (Å²) in [5, 5.41) is 10.9. The number of thiocarbonyl (C=S) groups is 1. The topological polar surface area (TPSA) is 70.5 Å². The van der Waals surface area contributed by atoms with Crippen LogP contribution in [0.3, 0.4) is 0 Å². The van der Waals surface area contributed by atoms with Gasteiger partial charge in [0.1, 0.15) is 10.4 Å². The number of para-hydroxylation sites is 1. The van der Waals surface area contributed by atoms with Gasteiger partial charge in [0.05, 0.1) is 21.1 Å². The lowest BCUT2D eigenvalue weighted by Crippen LogP contribution is -2.44. The molecule has 0 aliphatic carbocycles. The summed E-state index contributed by atoms with van der Waals surface area (Å²) in [5.41, 5.74) is 1.21. The van der Waals surface area contributed by atoms with E-state index < -0.39 is 17.9 Å². The summed E-state index contributed by atoms with van der Waals surface area (Å²) >= 11 is 14.1. The Morgan fingerprint density at radius 1 is 1.44 bits per heavy atom. The van der Waals surface area contributed by atoms with Crippen molar-refractivity contribution in [3.05, 3.63) is 46.0 Å². The van der Waals surface area contributed by atoms with Crippen LogP contribution in [0.2, 0.25) is 5.02 Å². The Balaban J connectivity index is 1.92. The molecule has 2 heterocycles. The second kappa shape index (κ2) is 8.60. The van der Waals surface area contributed by atoms with Gasteiger partial charge < -0.3 is 5.11 Å². The first kappa shape index (κ1) is 20.1. The molecule has 3 rings (SSSR count). The quantitative estimate of drug-likeness (QED) is 0.532. The third-order valence-electron chi connectivity index (χ3n) is 3.99. The third kappa shape index (κ3) is 4.29. The van der Waals surface area contributed by atoms with E-state index in [-0.39, 0.29) is 4.32 Å². The van der Waals surface area contributed by atoms with Gasteiger partial charge in [-0.3, -0.25) is 9.69 Å². The average Bonchev–Trinajstić information content (AvgIpc) is 2.90. The molecular formula is C18H15ClN2O3S3. The van der Waals surface area contributed by atoms with Gasteiger partial charge in [0.25, 0.3) is 5.91 Å². The molecule has 0 unspecified atom stereocenters. The number of fused-ring (bicyclic) bond motifs is 1. The zero-order valence-corrected chi connectivity index (χ0v) is 17.4. The Morgan fingerprint density at radius 3 is 2.93 bits per heavy atom. The predicted molar refractivity (Wildman–Crippen MR) is 116 cm³/mol. The molecule has 0 saturated carbocycles. The van der Waals surface area contributed by atoms with Crippen LogP contribution >= 0.6 is 47.3 Å². The van der Waals surface area contributed by atoms with E-state index in [0.29, 0.717) is 33.3 Å². The molecule has 1 fully saturated rings. The maximum atomic E-state index is 12.8. The summed E-state index contributed by atoms with van der Waals surface area (Å²) in [5.74, 6) is -0.839. The molecule has 27 heavy (non-hydrogen) atoms. The van der Waals surface area contributed by atoms with Gasteiger partial charge in [0, 0.05) is 5.39 Å². The van der Waals surface area contributed by atoms with E-state index in [1.54, 1.807) is 18.2 Å². The van der Waals surface area contributed by atoms with Crippen LogP contribution in [-0.4, -0.2) is 49.2 Å². The van der Waals surface area contributed by atoms with Crippen molar-refractivity contribution in [3.8, 4) is 0 Å². The number of rotatable bonds is 6. The monoisotopic (exact) mass is 438 g/mol. The van der Waals surface area contributed by atoms with Gasteiger partial charge in [0.15, 0.2) is 0 Å². The highest BCUT2D eigenvalue weighted by molar-refractivity contribution is 8.26. The van der Waals surface area contributed by atoms with E-state index in [0.717, 1.165) is 17.1 Å². The lowest BCUT2D eigenvalue weighted by atomic mass is 10.2. The van der Waals surface area contributed by atoms with Crippen molar-refractivity contribution in [3.63, 3.8) is 0 Å². The van der Waals surface area contributed by atoms with Crippen LogP contribution in [0, 0.1) is 0 Å². The SMILES string of the molecule is CSCC[C@H](C(=O)O)N1C(=O)/C(=C\c2ccc3cccc(Cl)c3n2)SC1=S. The molecule has 5 nitrogen and oxygen atoms in total. The molecule has 0 bridgehead atoms. The molecule has 1 amide bonds. The van der Waals surface area contributed by atoms with E-state index >= 15 is 0 Å². The van der Waals surface area contributed by atoms with E-state index in [1.807, 2.05) is 24.5 Å². The number of hydrogen-bond acceptors (Lipinski definition) is 6. The Bertz CT molecular complexity index is 964. The molecule has 1 aliphatic heterocycles. The number of carboxylic acids is 1. The second-order valence-electron chi connectivity index (χ2n) is 5.73. The van der Waals surface area contributed by atoms with E-state index in [4.69, 9.17) is 23.8 Å². The molecule has 0 radical (unpaired) electrons. The molecule has 1 atom stereocenters. The van der Waals surface area contributed by atoms with Crippen LogP contribution in [0.15, 0.2) is 35.2 Å². The first-order valence-corrected chi connectivity index (χ1v) is 11.0. The number of carbonyl (C=O) groups is 2. The molecule has 1 saturated heterocycles. The molecule has 1 aromatic carbocycles. The molecule has 0 spiro atoms. The summed E-state index contributed by atoms with van der Waals surface area (Å²) in [6.07, 6.45) is 3.84. The zero-order chi connectivity index (χ0) is 19.6. The fraction of sp³-hybridized carbons (Fsp3) is 0.222. The van der Waals surface area contributed by atoms with Gasteiger partial charge in [-0.25, -0.2) is 9.78 Å². The minimum atomic E-state index is -1.06. The van der Waals surface area contributed by atoms with Gasteiger partial charge in [-0.05, 0) is 36.6 Å². The van der Waals surface area contributed by atoms with Crippen LogP contribution < -0.4 is 0 Å². The van der Waals surface area contributed by atoms with Crippen molar-refractivity contribution >= 4 is 80.5 Å². The standard InChI is InChI=1S/C18H15ClN2O3S3/c1-26-8-7-13(17(23)24)21-16(22)14(27-18(21)25)9-11-6-5-10-3-2-4-12(19)15(10)20-11/h2-6,9,13H,7-8H2,1H3,(H,23,24)/b14-9+/t13-/m1/s1. The average molecular weight is 439 g/mol. The molecule has 1 aromatic heterocycles. The molecule has 140 valence electrons. The highest BCUT2D eigenvalue weighted by Gasteiger charge is 2.40. The highest BCUT2D eigenvalue weighted by Crippen LogP contribution is 2.35. The number of nitrogens with zero attached hydrogens (tertiary/aromatic N) is 2. The number of aliphatic carboxylic acids is 1. The van der Waals surface area contributed by atoms with Gasteiger partial charge >= 0.3 is 5.97 Å². The fourth-order valence-corrected chi connectivity index (χ4v) is 4.71. The normalized spacial score (nSPS) is 17.1. The van der Waals surface area contributed by atoms with Gasteiger partial charge in [-0.2, -0.15) is 11.8 Å². The van der Waals surface area contributed by atoms with Crippen molar-refractivity contribution in [1.29, 1.82) is 0 Å². The molecule has 1 N–H and O–H groups in total. The van der Waals surface area contributed by atoms with Crippen LogP contribution in [0.5, 0.6) is 0 Å². The number of halogens is 1. The maximum Gasteiger partial charge on any atom is 0.326 e. The largest absolute Gasteiger partial charge is 0.480 e. The number of thioether (sulfide) groups is 2. The number of amides is 1. The molecule has 9 heteroatoms. The van der Waals surface area contributed by atoms with Crippen LogP contribution in [0.25, 0.3) is 17.0 Å². The number of benzene rings is 1. The van der Waals surface area contributed by atoms with Crippen molar-refractivity contribution in [1.82, 2.24) is 9.88 Å². The number of aromatic nitrogens is 1. The highest BCUT2D eigenvalue weighted by atomic mass is 35.5. The minimum absolute atomic E-state index is 0.249. The van der Waals surface area contributed by atoms with E-state index in [1.165, 1.54) is 16.7 Å². The summed E-state index contributed by atoms with van der Waals surface area (Å²) in [4.78, 5) is 30.4. The number of carbonyl (C=O) groups excluding carboxylic acids is 1. The van der Waals surface area contributed by atoms with Crippen molar-refractivity contribution in [2.45, 2.75) is 12.5 Å². The summed E-state index contributed by atoms with van der Waals surface area (Å²) in [7, 11) is 0. The zero-order valence-electron chi connectivity index (χ0n) is 14.2. The summed E-state index contributed by atoms with van der Waals surface area (Å²) < 4.78 is 0.249. The lowest BCUT2D eigenvalue weighted by Gasteiger charge is -2.22. The predicted octanol–water partition coefficient (Wildman–Crippen LogP) is 4.30. The fourth-order valence-electron chi connectivity index (χ4n) is 2.68. The van der Waals surface area contributed by atoms with Crippen molar-refractivity contribution in [2.24, 2.45) is 0 Å². The molecular weight excluding hydrogens is 424 g/mol. The van der Waals surface area contributed by atoms with Crippen molar-refractivity contribution < 1.29 is 14.7 Å². The Labute approximate surface area is 175 Å². The Hall–Kier alpha value is -1.61. The molecule has 1 aliphatic rings. The van der Waals surface area contributed by atoms with E-state index in [2.05, 4.69) is 4.98 Å². The van der Waals surface area contributed by atoms with Crippen molar-refractivity contribution in [2.75, 3.05) is 12.0 Å². The summed E-state index contributed by atoms with van der Waals surface area (Å²) in [6.45, 7) is 0. The minimum Gasteiger partial charge on any atom is -0.480 e. The van der Waals surface area contributed by atoms with Crippen LogP contribution in [-0.2, 0) is 9.59 Å². The van der Waals surface area contributed by atoms with Crippen LogP contribution in [0.4, 0.5) is 0 Å². The Morgan fingerprint density at radius 2 is 2.22 bits per heavy atom. The van der Waals surface area contributed by atoms with Gasteiger partial charge in [0.2, 0.25) is 0 Å². The number of pyridine rings is 1. The summed E-state index contributed by atoms with van der Waals surface area (Å²) in [6, 6.07) is 8.20. The van der Waals surface area contributed by atoms with Gasteiger partial charge in [-0.15, -0.1) is 0 Å².